The molecule has 0 bridgehead atoms. The van der Waals surface area contributed by atoms with Gasteiger partial charge in [0, 0.05) is 18.2 Å². The standard InChI is InChI=1S/C13H14F3NO2/c1-19-11-5-3-2-4-9(11)8-17(10-6-7-10)12(18)13(14,15)16/h2-5,10H,6-8H2,1H3. The first-order valence-electron chi connectivity index (χ1n) is 5.93. The van der Waals surface area contributed by atoms with Crippen molar-refractivity contribution in [2.24, 2.45) is 0 Å². The van der Waals surface area contributed by atoms with Gasteiger partial charge in [-0.15, -0.1) is 0 Å². The van der Waals surface area contributed by atoms with E-state index in [1.807, 2.05) is 0 Å². The Labute approximate surface area is 109 Å². The van der Waals surface area contributed by atoms with Crippen LogP contribution in [-0.4, -0.2) is 30.1 Å². The molecule has 1 amide bonds. The van der Waals surface area contributed by atoms with Gasteiger partial charge in [-0.3, -0.25) is 4.79 Å². The van der Waals surface area contributed by atoms with Crippen LogP contribution in [-0.2, 0) is 11.3 Å². The Hall–Kier alpha value is -1.72. The summed E-state index contributed by atoms with van der Waals surface area (Å²) in [6.07, 6.45) is -3.58. The van der Waals surface area contributed by atoms with Crippen molar-refractivity contribution in [3.63, 3.8) is 0 Å². The second-order valence-corrected chi connectivity index (χ2v) is 4.47. The zero-order valence-electron chi connectivity index (χ0n) is 10.4. The van der Waals surface area contributed by atoms with Gasteiger partial charge in [-0.25, -0.2) is 0 Å². The minimum atomic E-state index is -4.83. The number of ether oxygens (including phenoxy) is 1. The Balaban J connectivity index is 2.20. The lowest BCUT2D eigenvalue weighted by molar-refractivity contribution is -0.186. The van der Waals surface area contributed by atoms with Gasteiger partial charge in [0.1, 0.15) is 5.75 Å². The molecule has 0 radical (unpaired) electrons. The molecule has 2 rings (SSSR count). The average Bonchev–Trinajstić information content (AvgIpc) is 3.18. The predicted molar refractivity (Wildman–Crippen MR) is 62.6 cm³/mol. The predicted octanol–water partition coefficient (Wildman–Crippen LogP) is 2.75. The number of nitrogens with zero attached hydrogens (tertiary/aromatic N) is 1. The minimum absolute atomic E-state index is 0.0764. The van der Waals surface area contributed by atoms with Crippen LogP contribution in [0.5, 0.6) is 5.75 Å². The highest BCUT2D eigenvalue weighted by atomic mass is 19.4. The van der Waals surface area contributed by atoms with Crippen molar-refractivity contribution < 1.29 is 22.7 Å². The van der Waals surface area contributed by atoms with E-state index in [4.69, 9.17) is 4.74 Å². The van der Waals surface area contributed by atoms with E-state index in [9.17, 15) is 18.0 Å². The van der Waals surface area contributed by atoms with E-state index in [1.165, 1.54) is 7.11 Å². The maximum atomic E-state index is 12.6. The number of benzene rings is 1. The normalized spacial score (nSPS) is 15.2. The number of methoxy groups -OCH3 is 1. The summed E-state index contributed by atoms with van der Waals surface area (Å²) < 4.78 is 42.7. The minimum Gasteiger partial charge on any atom is -0.496 e. The van der Waals surface area contributed by atoms with Gasteiger partial charge in [0.15, 0.2) is 0 Å². The number of para-hydroxylation sites is 1. The van der Waals surface area contributed by atoms with Gasteiger partial charge < -0.3 is 9.64 Å². The lowest BCUT2D eigenvalue weighted by atomic mass is 10.2. The second kappa shape index (κ2) is 5.11. The van der Waals surface area contributed by atoms with E-state index in [0.717, 1.165) is 4.90 Å². The summed E-state index contributed by atoms with van der Waals surface area (Å²) in [6.45, 7) is -0.0764. The first-order valence-corrected chi connectivity index (χ1v) is 5.93. The number of halogens is 3. The third-order valence-corrected chi connectivity index (χ3v) is 3.02. The number of carbonyl (C=O) groups is 1. The van der Waals surface area contributed by atoms with E-state index < -0.39 is 12.1 Å². The molecule has 1 saturated carbocycles. The summed E-state index contributed by atoms with van der Waals surface area (Å²) in [7, 11) is 1.45. The lowest BCUT2D eigenvalue weighted by Gasteiger charge is -2.24. The van der Waals surface area contributed by atoms with E-state index in [-0.39, 0.29) is 12.6 Å². The molecular formula is C13H14F3NO2. The molecule has 1 aromatic carbocycles. The van der Waals surface area contributed by atoms with Gasteiger partial charge in [-0.05, 0) is 18.9 Å². The number of hydrogen-bond donors (Lipinski definition) is 0. The highest BCUT2D eigenvalue weighted by Gasteiger charge is 2.47. The van der Waals surface area contributed by atoms with Crippen molar-refractivity contribution in [3.8, 4) is 5.75 Å². The van der Waals surface area contributed by atoms with E-state index in [1.54, 1.807) is 24.3 Å². The van der Waals surface area contributed by atoms with E-state index in [0.29, 0.717) is 24.2 Å². The molecular weight excluding hydrogens is 259 g/mol. The third-order valence-electron chi connectivity index (χ3n) is 3.02. The molecule has 0 N–H and O–H groups in total. The Bertz CT molecular complexity index is 469. The number of rotatable bonds is 4. The number of alkyl halides is 3. The van der Waals surface area contributed by atoms with Crippen LogP contribution >= 0.6 is 0 Å². The molecule has 0 aliphatic heterocycles. The topological polar surface area (TPSA) is 29.5 Å². The highest BCUT2D eigenvalue weighted by molar-refractivity contribution is 5.82. The van der Waals surface area contributed by atoms with Crippen molar-refractivity contribution in [1.29, 1.82) is 0 Å². The lowest BCUT2D eigenvalue weighted by Crippen LogP contribution is -2.42. The molecule has 0 saturated heterocycles. The molecule has 0 atom stereocenters. The third kappa shape index (κ3) is 3.19. The van der Waals surface area contributed by atoms with Gasteiger partial charge in [-0.2, -0.15) is 13.2 Å². The molecule has 0 spiro atoms. The van der Waals surface area contributed by atoms with Gasteiger partial charge in [0.2, 0.25) is 0 Å². The van der Waals surface area contributed by atoms with Crippen LogP contribution in [0.25, 0.3) is 0 Å². The fourth-order valence-electron chi connectivity index (χ4n) is 1.93. The second-order valence-electron chi connectivity index (χ2n) is 4.47. The summed E-state index contributed by atoms with van der Waals surface area (Å²) in [5, 5.41) is 0. The highest BCUT2D eigenvalue weighted by Crippen LogP contribution is 2.33. The number of carbonyl (C=O) groups excluding carboxylic acids is 1. The van der Waals surface area contributed by atoms with Gasteiger partial charge >= 0.3 is 12.1 Å². The van der Waals surface area contributed by atoms with Crippen LogP contribution < -0.4 is 4.74 Å². The monoisotopic (exact) mass is 273 g/mol. The molecule has 1 aromatic rings. The Morgan fingerprint density at radius 2 is 2.00 bits per heavy atom. The summed E-state index contributed by atoms with van der Waals surface area (Å²) in [5.74, 6) is -1.29. The fraction of sp³-hybridized carbons (Fsp3) is 0.462. The first kappa shape index (κ1) is 13.7. The van der Waals surface area contributed by atoms with Crippen LogP contribution in [0.1, 0.15) is 18.4 Å². The summed E-state index contributed by atoms with van der Waals surface area (Å²) in [4.78, 5) is 12.3. The molecule has 104 valence electrons. The largest absolute Gasteiger partial charge is 0.496 e. The maximum Gasteiger partial charge on any atom is 0.471 e. The van der Waals surface area contributed by atoms with Crippen LogP contribution in [0.15, 0.2) is 24.3 Å². The zero-order chi connectivity index (χ0) is 14.0. The Kier molecular flexibility index (Phi) is 3.68. The van der Waals surface area contributed by atoms with Crippen molar-refractivity contribution in [2.75, 3.05) is 7.11 Å². The van der Waals surface area contributed by atoms with Gasteiger partial charge in [-0.1, -0.05) is 18.2 Å². The summed E-state index contributed by atoms with van der Waals surface area (Å²) in [6, 6.07) is 6.46. The molecule has 1 fully saturated rings. The molecule has 0 unspecified atom stereocenters. The quantitative estimate of drug-likeness (QED) is 0.844. The Morgan fingerprint density at radius 3 is 2.53 bits per heavy atom. The van der Waals surface area contributed by atoms with Crippen molar-refractivity contribution in [3.05, 3.63) is 29.8 Å². The molecule has 3 nitrogen and oxygen atoms in total. The van der Waals surface area contributed by atoms with Crippen LogP contribution in [0.3, 0.4) is 0 Å². The van der Waals surface area contributed by atoms with Gasteiger partial charge in [0.05, 0.1) is 7.11 Å². The molecule has 6 heteroatoms. The number of hydrogen-bond acceptors (Lipinski definition) is 2. The van der Waals surface area contributed by atoms with Crippen molar-refractivity contribution in [1.82, 2.24) is 4.90 Å². The van der Waals surface area contributed by atoms with Crippen LogP contribution in [0, 0.1) is 0 Å². The molecule has 19 heavy (non-hydrogen) atoms. The van der Waals surface area contributed by atoms with Crippen molar-refractivity contribution >= 4 is 5.91 Å². The van der Waals surface area contributed by atoms with Crippen LogP contribution in [0.2, 0.25) is 0 Å². The average molecular weight is 273 g/mol. The summed E-state index contributed by atoms with van der Waals surface area (Å²) in [5.41, 5.74) is 0.578. The first-order chi connectivity index (χ1) is 8.93. The zero-order valence-corrected chi connectivity index (χ0v) is 10.4. The SMILES string of the molecule is COc1ccccc1CN(C(=O)C(F)(F)F)C1CC1. The van der Waals surface area contributed by atoms with Crippen molar-refractivity contribution in [2.45, 2.75) is 31.6 Å². The molecule has 0 heterocycles. The Morgan fingerprint density at radius 1 is 1.37 bits per heavy atom. The van der Waals surface area contributed by atoms with E-state index in [2.05, 4.69) is 0 Å². The molecule has 1 aliphatic carbocycles. The molecule has 1 aliphatic rings. The summed E-state index contributed by atoms with van der Waals surface area (Å²) >= 11 is 0. The maximum absolute atomic E-state index is 12.6. The number of amides is 1. The molecule has 0 aromatic heterocycles. The smallest absolute Gasteiger partial charge is 0.471 e. The fourth-order valence-corrected chi connectivity index (χ4v) is 1.93. The van der Waals surface area contributed by atoms with E-state index >= 15 is 0 Å². The van der Waals surface area contributed by atoms with Crippen LogP contribution in [0.4, 0.5) is 13.2 Å². The van der Waals surface area contributed by atoms with Gasteiger partial charge in [0.25, 0.3) is 0 Å².